The maximum atomic E-state index is 12.7. The Bertz CT molecular complexity index is 1200. The molecule has 0 bridgehead atoms. The highest BCUT2D eigenvalue weighted by molar-refractivity contribution is 5.99. The number of anilines is 2. The smallest absolute Gasteiger partial charge is 0.246 e. The number of hydrogen-bond acceptors (Lipinski definition) is 6. The first-order valence-electron chi connectivity index (χ1n) is 10.5. The first kappa shape index (κ1) is 21.6. The van der Waals surface area contributed by atoms with E-state index in [1.54, 1.807) is 31.3 Å². The number of aromatic nitrogens is 1. The quantitative estimate of drug-likeness (QED) is 0.602. The maximum Gasteiger partial charge on any atom is 0.246 e. The van der Waals surface area contributed by atoms with Gasteiger partial charge < -0.3 is 24.9 Å². The molecule has 1 aromatic carbocycles. The van der Waals surface area contributed by atoms with Gasteiger partial charge in [0, 0.05) is 43.9 Å². The molecule has 0 saturated carbocycles. The molecule has 3 heterocycles. The lowest BCUT2D eigenvalue weighted by atomic mass is 10.1. The topological polar surface area (TPSA) is 90.7 Å². The molecule has 1 aliphatic heterocycles. The standard InChI is InChI=1S/C24H27N5O3/c1-15-17-7-5-6-8-20(17)32-21(15)14-29(4)22(30)10-9-16-11-19-23(26-12-16)27-24(31)18(25-2)13-28(19)3/h5-12,18,25H,13-14H2,1-4H3,(H,26,27,31)/b10-9+/t18-/m0/s1. The lowest BCUT2D eigenvalue weighted by Crippen LogP contribution is -2.44. The monoisotopic (exact) mass is 433 g/mol. The van der Waals surface area contributed by atoms with Crippen molar-refractivity contribution < 1.29 is 14.0 Å². The van der Waals surface area contributed by atoms with Crippen LogP contribution in [-0.4, -0.2) is 55.4 Å². The Balaban J connectivity index is 1.47. The summed E-state index contributed by atoms with van der Waals surface area (Å²) in [4.78, 5) is 32.9. The number of carbonyl (C=O) groups excluding carboxylic acids is 2. The van der Waals surface area contributed by atoms with Gasteiger partial charge in [0.15, 0.2) is 5.82 Å². The Kier molecular flexibility index (Phi) is 5.96. The van der Waals surface area contributed by atoms with Crippen molar-refractivity contribution in [2.45, 2.75) is 19.5 Å². The van der Waals surface area contributed by atoms with E-state index in [9.17, 15) is 9.59 Å². The van der Waals surface area contributed by atoms with Crippen LogP contribution in [0.3, 0.4) is 0 Å². The summed E-state index contributed by atoms with van der Waals surface area (Å²) >= 11 is 0. The van der Waals surface area contributed by atoms with Crippen molar-refractivity contribution in [1.29, 1.82) is 0 Å². The molecular formula is C24H27N5O3. The number of fused-ring (bicyclic) bond motifs is 2. The fraction of sp³-hybridized carbons (Fsp3) is 0.292. The lowest BCUT2D eigenvalue weighted by molar-refractivity contribution is -0.125. The number of para-hydroxylation sites is 1. The average Bonchev–Trinajstić information content (AvgIpc) is 3.04. The summed E-state index contributed by atoms with van der Waals surface area (Å²) in [6.45, 7) is 2.90. The molecule has 1 atom stereocenters. The number of furan rings is 1. The molecule has 2 N–H and O–H groups in total. The highest BCUT2D eigenvalue weighted by Crippen LogP contribution is 2.28. The zero-order chi connectivity index (χ0) is 22.8. The Morgan fingerprint density at radius 2 is 2.19 bits per heavy atom. The molecule has 0 radical (unpaired) electrons. The highest BCUT2D eigenvalue weighted by Gasteiger charge is 2.26. The Labute approximate surface area is 186 Å². The van der Waals surface area contributed by atoms with Crippen LogP contribution in [0.2, 0.25) is 0 Å². The van der Waals surface area contributed by atoms with Crippen LogP contribution in [0.15, 0.2) is 47.0 Å². The SMILES string of the molecule is CN[C@H]1CN(C)c2cc(/C=C/C(=O)N(C)Cc3oc4ccccc4c3C)cnc2NC1=O. The summed E-state index contributed by atoms with van der Waals surface area (Å²) in [7, 11) is 5.41. The zero-order valence-corrected chi connectivity index (χ0v) is 18.7. The first-order chi connectivity index (χ1) is 15.4. The van der Waals surface area contributed by atoms with E-state index in [2.05, 4.69) is 15.6 Å². The number of amides is 2. The van der Waals surface area contributed by atoms with Gasteiger partial charge >= 0.3 is 0 Å². The second-order valence-electron chi connectivity index (χ2n) is 8.02. The van der Waals surface area contributed by atoms with Gasteiger partial charge in [-0.25, -0.2) is 4.98 Å². The number of nitrogens with zero attached hydrogens (tertiary/aromatic N) is 3. The van der Waals surface area contributed by atoms with Crippen molar-refractivity contribution in [2.75, 3.05) is 37.9 Å². The van der Waals surface area contributed by atoms with E-state index in [0.717, 1.165) is 33.5 Å². The fourth-order valence-electron chi connectivity index (χ4n) is 3.79. The van der Waals surface area contributed by atoms with Crippen LogP contribution in [0, 0.1) is 6.92 Å². The van der Waals surface area contributed by atoms with Crippen molar-refractivity contribution in [2.24, 2.45) is 0 Å². The number of nitrogens with one attached hydrogen (secondary N) is 2. The van der Waals surface area contributed by atoms with Gasteiger partial charge in [-0.1, -0.05) is 18.2 Å². The Hall–Kier alpha value is -3.65. The molecule has 2 aromatic heterocycles. The van der Waals surface area contributed by atoms with E-state index in [-0.39, 0.29) is 17.9 Å². The summed E-state index contributed by atoms with van der Waals surface area (Å²) in [5.74, 6) is 1.03. The Morgan fingerprint density at radius 1 is 1.41 bits per heavy atom. The fourth-order valence-corrected chi connectivity index (χ4v) is 3.79. The molecule has 8 heteroatoms. The molecular weight excluding hydrogens is 406 g/mol. The number of benzene rings is 1. The van der Waals surface area contributed by atoms with Crippen molar-refractivity contribution in [3.63, 3.8) is 0 Å². The third kappa shape index (κ3) is 4.22. The minimum atomic E-state index is -0.329. The van der Waals surface area contributed by atoms with Gasteiger partial charge in [0.1, 0.15) is 17.4 Å². The van der Waals surface area contributed by atoms with Gasteiger partial charge in [-0.15, -0.1) is 0 Å². The lowest BCUT2D eigenvalue weighted by Gasteiger charge is -2.21. The van der Waals surface area contributed by atoms with Crippen molar-refractivity contribution in [3.8, 4) is 0 Å². The normalized spacial score (nSPS) is 16.2. The molecule has 1 aliphatic rings. The van der Waals surface area contributed by atoms with Gasteiger partial charge in [0.25, 0.3) is 0 Å². The number of rotatable bonds is 5. The largest absolute Gasteiger partial charge is 0.459 e. The van der Waals surface area contributed by atoms with Crippen LogP contribution in [0.4, 0.5) is 11.5 Å². The number of likely N-dealkylation sites (N-methyl/N-ethyl adjacent to an activating group) is 3. The highest BCUT2D eigenvalue weighted by atomic mass is 16.3. The third-order valence-corrected chi connectivity index (χ3v) is 5.78. The van der Waals surface area contributed by atoms with E-state index in [4.69, 9.17) is 4.42 Å². The molecule has 3 aromatic rings. The zero-order valence-electron chi connectivity index (χ0n) is 18.7. The number of carbonyl (C=O) groups is 2. The van der Waals surface area contributed by atoms with Crippen LogP contribution in [0.5, 0.6) is 0 Å². The second kappa shape index (κ2) is 8.84. The van der Waals surface area contributed by atoms with Gasteiger partial charge in [-0.3, -0.25) is 9.59 Å². The van der Waals surface area contributed by atoms with Crippen molar-refractivity contribution >= 4 is 40.4 Å². The van der Waals surface area contributed by atoms with Gasteiger partial charge in [0.2, 0.25) is 11.8 Å². The predicted octanol–water partition coefficient (Wildman–Crippen LogP) is 2.78. The molecule has 0 saturated heterocycles. The van der Waals surface area contributed by atoms with E-state index in [0.29, 0.717) is 18.9 Å². The van der Waals surface area contributed by atoms with Crippen LogP contribution < -0.4 is 15.5 Å². The van der Waals surface area contributed by atoms with E-state index < -0.39 is 0 Å². The molecule has 0 spiro atoms. The molecule has 32 heavy (non-hydrogen) atoms. The average molecular weight is 434 g/mol. The molecule has 2 amide bonds. The number of hydrogen-bond donors (Lipinski definition) is 2. The van der Waals surface area contributed by atoms with Crippen molar-refractivity contribution in [3.05, 3.63) is 59.5 Å². The summed E-state index contributed by atoms with van der Waals surface area (Å²) in [5.41, 5.74) is 3.44. The minimum Gasteiger partial charge on any atom is -0.459 e. The summed E-state index contributed by atoms with van der Waals surface area (Å²) in [5, 5.41) is 6.91. The van der Waals surface area contributed by atoms with Gasteiger partial charge in [0.05, 0.1) is 12.2 Å². The number of aryl methyl sites for hydroxylation is 1. The van der Waals surface area contributed by atoms with E-state index in [1.807, 2.05) is 49.2 Å². The van der Waals surface area contributed by atoms with Crippen LogP contribution >= 0.6 is 0 Å². The molecule has 4 rings (SSSR count). The second-order valence-corrected chi connectivity index (χ2v) is 8.02. The third-order valence-electron chi connectivity index (χ3n) is 5.78. The summed E-state index contributed by atoms with van der Waals surface area (Å²) in [6, 6.07) is 9.43. The minimum absolute atomic E-state index is 0.119. The molecule has 0 fully saturated rings. The van der Waals surface area contributed by atoms with E-state index >= 15 is 0 Å². The molecule has 8 nitrogen and oxygen atoms in total. The van der Waals surface area contributed by atoms with Gasteiger partial charge in [-0.05, 0) is 37.7 Å². The predicted molar refractivity (Wildman–Crippen MR) is 125 cm³/mol. The molecule has 0 unspecified atom stereocenters. The molecule has 166 valence electrons. The number of pyridine rings is 1. The van der Waals surface area contributed by atoms with Crippen LogP contribution in [0.1, 0.15) is 16.9 Å². The van der Waals surface area contributed by atoms with Crippen molar-refractivity contribution in [1.82, 2.24) is 15.2 Å². The first-order valence-corrected chi connectivity index (χ1v) is 10.5. The van der Waals surface area contributed by atoms with Crippen LogP contribution in [0.25, 0.3) is 17.0 Å². The summed E-state index contributed by atoms with van der Waals surface area (Å²) < 4.78 is 5.92. The van der Waals surface area contributed by atoms with Gasteiger partial charge in [-0.2, -0.15) is 0 Å². The molecule has 0 aliphatic carbocycles. The van der Waals surface area contributed by atoms with E-state index in [1.165, 1.54) is 6.08 Å². The summed E-state index contributed by atoms with van der Waals surface area (Å²) in [6.07, 6.45) is 4.89. The van der Waals surface area contributed by atoms with Crippen LogP contribution in [-0.2, 0) is 16.1 Å². The Morgan fingerprint density at radius 3 is 2.94 bits per heavy atom. The maximum absolute atomic E-state index is 12.7.